The highest BCUT2D eigenvalue weighted by atomic mass is 19.1. The summed E-state index contributed by atoms with van der Waals surface area (Å²) >= 11 is 0. The number of halogens is 1. The number of aryl methyl sites for hydroxylation is 1. The molecule has 4 rings (SSSR count). The van der Waals surface area contributed by atoms with Gasteiger partial charge in [0.2, 0.25) is 0 Å². The van der Waals surface area contributed by atoms with Gasteiger partial charge in [0.15, 0.2) is 17.7 Å². The predicted octanol–water partition coefficient (Wildman–Crippen LogP) is 3.75. The highest BCUT2D eigenvalue weighted by molar-refractivity contribution is 5.95. The van der Waals surface area contributed by atoms with Gasteiger partial charge in [-0.05, 0) is 75.7 Å². The lowest BCUT2D eigenvalue weighted by atomic mass is 9.95. The molecule has 4 N–H and O–H groups in total. The minimum absolute atomic E-state index is 0.151. The van der Waals surface area contributed by atoms with E-state index in [1.54, 1.807) is 43.5 Å². The van der Waals surface area contributed by atoms with Gasteiger partial charge in [0.05, 0.1) is 31.5 Å². The molecular weight excluding hydrogens is 545 g/mol. The number of carbonyl (C=O) groups excluding carboxylic acids is 2. The van der Waals surface area contributed by atoms with Crippen LogP contribution < -0.4 is 25.5 Å². The first kappa shape index (κ1) is 30.1. The third-order valence-electron chi connectivity index (χ3n) is 6.65. The first-order chi connectivity index (χ1) is 20.1. The van der Waals surface area contributed by atoms with E-state index >= 15 is 0 Å². The fourth-order valence-corrected chi connectivity index (χ4v) is 4.72. The second-order valence-electron chi connectivity index (χ2n) is 9.55. The quantitative estimate of drug-likeness (QED) is 0.118. The Bertz CT molecular complexity index is 1520. The summed E-state index contributed by atoms with van der Waals surface area (Å²) in [5.41, 5.74) is 7.40. The summed E-state index contributed by atoms with van der Waals surface area (Å²) in [6.07, 6.45) is 0.449. The van der Waals surface area contributed by atoms with Crippen molar-refractivity contribution >= 4 is 18.2 Å². The number of esters is 1. The Morgan fingerprint density at radius 3 is 2.57 bits per heavy atom. The van der Waals surface area contributed by atoms with Crippen molar-refractivity contribution in [2.45, 2.75) is 40.0 Å². The number of rotatable bonds is 11. The summed E-state index contributed by atoms with van der Waals surface area (Å²) in [5, 5.41) is 19.9. The van der Waals surface area contributed by atoms with Gasteiger partial charge in [-0.3, -0.25) is 5.43 Å². The van der Waals surface area contributed by atoms with Crippen LogP contribution in [0.5, 0.6) is 11.5 Å². The normalized spacial score (nSPS) is 15.7. The van der Waals surface area contributed by atoms with E-state index in [0.717, 1.165) is 22.6 Å². The minimum Gasteiger partial charge on any atom is -0.490 e. The number of aromatic nitrogens is 1. The Morgan fingerprint density at radius 1 is 1.14 bits per heavy atom. The number of hydrogen-bond donors (Lipinski definition) is 4. The van der Waals surface area contributed by atoms with Gasteiger partial charge < -0.3 is 34.5 Å². The monoisotopic (exact) mass is 579 g/mol. The van der Waals surface area contributed by atoms with Crippen LogP contribution in [0.3, 0.4) is 0 Å². The number of hydrazone groups is 1. The van der Waals surface area contributed by atoms with Crippen LogP contribution in [0.25, 0.3) is 5.69 Å². The van der Waals surface area contributed by atoms with Gasteiger partial charge in [-0.25, -0.2) is 14.0 Å². The first-order valence-corrected chi connectivity index (χ1v) is 13.3. The summed E-state index contributed by atoms with van der Waals surface area (Å²) in [7, 11) is 1.27. The lowest BCUT2D eigenvalue weighted by molar-refractivity contribution is -0.136. The molecule has 222 valence electrons. The van der Waals surface area contributed by atoms with E-state index in [0.29, 0.717) is 29.4 Å². The maximum absolute atomic E-state index is 13.3. The van der Waals surface area contributed by atoms with Gasteiger partial charge in [0.25, 0.3) is 0 Å². The number of hydrogen-bond acceptors (Lipinski definition) is 8. The Balaban J connectivity index is 1.43. The largest absolute Gasteiger partial charge is 0.490 e. The molecule has 2 heterocycles. The summed E-state index contributed by atoms with van der Waals surface area (Å²) in [4.78, 5) is 24.6. The molecule has 0 radical (unpaired) electrons. The fourth-order valence-electron chi connectivity index (χ4n) is 4.72. The third kappa shape index (κ3) is 6.72. The van der Waals surface area contributed by atoms with E-state index in [-0.39, 0.29) is 18.0 Å². The van der Waals surface area contributed by atoms with Crippen molar-refractivity contribution in [3.63, 3.8) is 0 Å². The molecule has 12 heteroatoms. The zero-order valence-electron chi connectivity index (χ0n) is 24.0. The molecule has 2 aromatic carbocycles. The summed E-state index contributed by atoms with van der Waals surface area (Å²) in [6, 6.07) is 12.0. The number of allylic oxidation sites excluding steroid dienone is 1. The third-order valence-corrected chi connectivity index (χ3v) is 6.65. The van der Waals surface area contributed by atoms with Crippen LogP contribution in [-0.2, 0) is 9.53 Å². The molecule has 0 bridgehead atoms. The van der Waals surface area contributed by atoms with E-state index in [2.05, 4.69) is 21.2 Å². The van der Waals surface area contributed by atoms with Crippen molar-refractivity contribution in [2.24, 2.45) is 5.10 Å². The molecule has 0 saturated carbocycles. The number of carbonyl (C=O) groups is 2. The van der Waals surface area contributed by atoms with Crippen LogP contribution >= 0.6 is 0 Å². The van der Waals surface area contributed by atoms with Crippen molar-refractivity contribution in [3.8, 4) is 17.2 Å². The van der Waals surface area contributed by atoms with Crippen LogP contribution in [0.4, 0.5) is 9.18 Å². The maximum Gasteiger partial charge on any atom is 0.337 e. The molecular formula is C30H34FN5O6. The molecule has 0 fully saturated rings. The smallest absolute Gasteiger partial charge is 0.337 e. The zero-order valence-corrected chi connectivity index (χ0v) is 24.0. The van der Waals surface area contributed by atoms with Crippen LogP contribution in [0.2, 0.25) is 0 Å². The zero-order chi connectivity index (χ0) is 30.4. The van der Waals surface area contributed by atoms with E-state index in [9.17, 15) is 19.1 Å². The topological polar surface area (TPSA) is 135 Å². The van der Waals surface area contributed by atoms with Crippen LogP contribution in [-0.4, -0.2) is 54.4 Å². The van der Waals surface area contributed by atoms with E-state index < -0.39 is 24.3 Å². The molecule has 2 amide bonds. The number of nitrogens with zero attached hydrogens (tertiary/aromatic N) is 2. The van der Waals surface area contributed by atoms with Crippen LogP contribution in [0.1, 0.15) is 42.4 Å². The Hall–Kier alpha value is -4.84. The molecule has 3 aromatic rings. The molecule has 2 atom stereocenters. The number of aliphatic hydroxyl groups is 1. The summed E-state index contributed by atoms with van der Waals surface area (Å²) < 4.78 is 31.8. The van der Waals surface area contributed by atoms with E-state index in [1.807, 2.05) is 31.4 Å². The van der Waals surface area contributed by atoms with Gasteiger partial charge >= 0.3 is 12.0 Å². The van der Waals surface area contributed by atoms with Gasteiger partial charge in [0, 0.05) is 28.3 Å². The van der Waals surface area contributed by atoms with E-state index in [1.165, 1.54) is 19.2 Å². The predicted molar refractivity (Wildman–Crippen MR) is 154 cm³/mol. The molecule has 1 aliphatic rings. The molecule has 11 nitrogen and oxygen atoms in total. The summed E-state index contributed by atoms with van der Waals surface area (Å²) in [5.74, 6) is -0.152. The van der Waals surface area contributed by atoms with Crippen molar-refractivity contribution in [1.29, 1.82) is 0 Å². The number of urea groups is 1. The lowest BCUT2D eigenvalue weighted by Crippen LogP contribution is -2.45. The second kappa shape index (κ2) is 13.2. The second-order valence-corrected chi connectivity index (χ2v) is 9.55. The first-order valence-electron chi connectivity index (χ1n) is 13.3. The van der Waals surface area contributed by atoms with E-state index in [4.69, 9.17) is 14.2 Å². The number of methoxy groups -OCH3 is 1. The number of benzene rings is 2. The van der Waals surface area contributed by atoms with Crippen molar-refractivity contribution in [1.82, 2.24) is 20.6 Å². The standard InChI is InChI=1S/C30H34FN5O6/c1-6-41-25-14-20(28-27(29(38)40-5)18(3)33-30(39)34-28)7-12-24(25)42-16-26(37)35-32-15-21-13-17(2)36(19(21)4)23-10-8-22(31)9-11-23/h7-15,26,28,35,37H,6,16H2,1-5H3,(H2,33,34,39)/b32-15+/t26-,28-/m0/s1. The molecule has 0 saturated heterocycles. The number of aliphatic hydroxyl groups excluding tert-OH is 1. The Morgan fingerprint density at radius 2 is 1.88 bits per heavy atom. The molecule has 1 aromatic heterocycles. The highest BCUT2D eigenvalue weighted by Gasteiger charge is 2.32. The SMILES string of the molecule is CCOc1cc([C@@H]2NC(=O)NC(C)=C2C(=O)OC)ccc1OC[C@H](O)N/N=C/c1cc(C)n(-c2ccc(F)cc2)c1C. The highest BCUT2D eigenvalue weighted by Crippen LogP contribution is 2.35. The fraction of sp³-hybridized carbons (Fsp3) is 0.300. The number of nitrogens with one attached hydrogen (secondary N) is 3. The minimum atomic E-state index is -1.14. The average molecular weight is 580 g/mol. The van der Waals surface area contributed by atoms with Gasteiger partial charge in [-0.15, -0.1) is 0 Å². The van der Waals surface area contributed by atoms with Crippen LogP contribution in [0.15, 0.2) is 64.9 Å². The summed E-state index contributed by atoms with van der Waals surface area (Å²) in [6.45, 7) is 7.49. The average Bonchev–Trinajstić information content (AvgIpc) is 3.24. The maximum atomic E-state index is 13.3. The van der Waals surface area contributed by atoms with Gasteiger partial charge in [0.1, 0.15) is 12.4 Å². The van der Waals surface area contributed by atoms with Crippen LogP contribution in [0, 0.1) is 19.7 Å². The molecule has 0 unspecified atom stereocenters. The number of amides is 2. The molecule has 0 spiro atoms. The van der Waals surface area contributed by atoms with Crippen molar-refractivity contribution in [3.05, 3.63) is 88.1 Å². The Kier molecular flexibility index (Phi) is 9.48. The van der Waals surface area contributed by atoms with Crippen molar-refractivity contribution in [2.75, 3.05) is 20.3 Å². The lowest BCUT2D eigenvalue weighted by Gasteiger charge is -2.28. The van der Waals surface area contributed by atoms with Gasteiger partial charge in [-0.2, -0.15) is 5.10 Å². The molecule has 0 aliphatic carbocycles. The molecule has 1 aliphatic heterocycles. The van der Waals surface area contributed by atoms with Crippen molar-refractivity contribution < 1.29 is 33.3 Å². The number of ether oxygens (including phenoxy) is 3. The van der Waals surface area contributed by atoms with Gasteiger partial charge in [-0.1, -0.05) is 6.07 Å². The molecule has 42 heavy (non-hydrogen) atoms. The Labute approximate surface area is 243 Å².